The molecule has 7 nitrogen and oxygen atoms in total. The van der Waals surface area contributed by atoms with Gasteiger partial charge in [0, 0.05) is 44.6 Å². The minimum Gasteiger partial charge on any atom is -0.389 e. The zero-order valence-electron chi connectivity index (χ0n) is 16.7. The van der Waals surface area contributed by atoms with Gasteiger partial charge in [0.15, 0.2) is 0 Å². The molecule has 156 valence electrons. The predicted molar refractivity (Wildman–Crippen MR) is 109 cm³/mol. The van der Waals surface area contributed by atoms with Gasteiger partial charge in [-0.2, -0.15) is 5.10 Å². The lowest BCUT2D eigenvalue weighted by atomic mass is 9.78. The molecule has 3 heterocycles. The van der Waals surface area contributed by atoms with Crippen LogP contribution in [0.5, 0.6) is 0 Å². The fourth-order valence-corrected chi connectivity index (χ4v) is 4.05. The standard InChI is InChI=1S/C22H24FN5O2/c1-27-13-16(10-25-27)14-28-8-7-22(20(29)15-28,18-5-3-2-4-6-18)26-21(30)17-9-19(23)12-24-11-17/h2-6,9-13,20,29H,7-8,14-15H2,1H3,(H,26,30)/t20-,22-/m1/s1. The number of carbonyl (C=O) groups is 1. The van der Waals surface area contributed by atoms with Crippen molar-refractivity contribution in [2.75, 3.05) is 13.1 Å². The Morgan fingerprint density at radius 3 is 2.77 bits per heavy atom. The number of benzene rings is 1. The Labute approximate surface area is 174 Å². The monoisotopic (exact) mass is 409 g/mol. The molecule has 1 fully saturated rings. The minimum absolute atomic E-state index is 0.121. The number of β-amino-alcohol motifs (C(OH)–C–C–N with tert-alkyl or cyclic N) is 1. The molecule has 0 spiro atoms. The minimum atomic E-state index is -0.976. The molecule has 2 atom stereocenters. The van der Waals surface area contributed by atoms with Crippen molar-refractivity contribution in [3.8, 4) is 0 Å². The van der Waals surface area contributed by atoms with Gasteiger partial charge in [-0.3, -0.25) is 19.4 Å². The Morgan fingerprint density at radius 1 is 1.30 bits per heavy atom. The molecule has 2 N–H and O–H groups in total. The van der Waals surface area contributed by atoms with Crippen LogP contribution in [0.3, 0.4) is 0 Å². The number of halogens is 1. The van der Waals surface area contributed by atoms with E-state index in [0.717, 1.165) is 23.4 Å². The molecule has 1 aliphatic rings. The zero-order valence-corrected chi connectivity index (χ0v) is 16.7. The van der Waals surface area contributed by atoms with E-state index in [1.807, 2.05) is 49.8 Å². The number of aliphatic hydroxyl groups excluding tert-OH is 1. The lowest BCUT2D eigenvalue weighted by Crippen LogP contribution is -2.61. The van der Waals surface area contributed by atoms with Gasteiger partial charge < -0.3 is 10.4 Å². The number of aromatic nitrogens is 3. The number of pyridine rings is 1. The number of nitrogens with one attached hydrogen (secondary N) is 1. The highest BCUT2D eigenvalue weighted by atomic mass is 19.1. The van der Waals surface area contributed by atoms with Crippen LogP contribution in [0, 0.1) is 5.82 Å². The van der Waals surface area contributed by atoms with Crippen molar-refractivity contribution in [1.82, 2.24) is 25.0 Å². The maximum Gasteiger partial charge on any atom is 0.253 e. The highest BCUT2D eigenvalue weighted by Crippen LogP contribution is 2.34. The third-order valence-electron chi connectivity index (χ3n) is 5.58. The molecular formula is C22H24FN5O2. The van der Waals surface area contributed by atoms with E-state index in [4.69, 9.17) is 0 Å². The number of piperidine rings is 1. The largest absolute Gasteiger partial charge is 0.389 e. The number of nitrogens with zero attached hydrogens (tertiary/aromatic N) is 4. The maximum atomic E-state index is 13.6. The van der Waals surface area contributed by atoms with Gasteiger partial charge in [-0.05, 0) is 18.1 Å². The highest BCUT2D eigenvalue weighted by molar-refractivity contribution is 5.94. The van der Waals surface area contributed by atoms with Crippen molar-refractivity contribution in [3.05, 3.63) is 83.7 Å². The molecule has 1 aromatic carbocycles. The van der Waals surface area contributed by atoms with Crippen LogP contribution in [0.1, 0.15) is 27.9 Å². The summed E-state index contributed by atoms with van der Waals surface area (Å²) in [6.07, 6.45) is 5.79. The van der Waals surface area contributed by atoms with Gasteiger partial charge in [-0.1, -0.05) is 30.3 Å². The summed E-state index contributed by atoms with van der Waals surface area (Å²) >= 11 is 0. The molecule has 3 aromatic rings. The number of amides is 1. The van der Waals surface area contributed by atoms with Gasteiger partial charge in [0.25, 0.3) is 5.91 Å². The van der Waals surface area contributed by atoms with E-state index in [1.165, 1.54) is 6.20 Å². The van der Waals surface area contributed by atoms with E-state index in [1.54, 1.807) is 4.68 Å². The fourth-order valence-electron chi connectivity index (χ4n) is 4.05. The van der Waals surface area contributed by atoms with Crippen LogP contribution in [0.25, 0.3) is 0 Å². The van der Waals surface area contributed by atoms with Gasteiger partial charge in [-0.15, -0.1) is 0 Å². The number of aryl methyl sites for hydroxylation is 1. The first-order valence-corrected chi connectivity index (χ1v) is 9.83. The number of aliphatic hydroxyl groups is 1. The van der Waals surface area contributed by atoms with Gasteiger partial charge >= 0.3 is 0 Å². The first kappa shape index (κ1) is 20.2. The molecule has 0 radical (unpaired) electrons. The number of likely N-dealkylation sites (tertiary alicyclic amines) is 1. The quantitative estimate of drug-likeness (QED) is 0.672. The topological polar surface area (TPSA) is 83.3 Å². The van der Waals surface area contributed by atoms with E-state index in [9.17, 15) is 14.3 Å². The summed E-state index contributed by atoms with van der Waals surface area (Å²) in [6.45, 7) is 1.71. The third kappa shape index (κ3) is 4.10. The molecule has 30 heavy (non-hydrogen) atoms. The second-order valence-corrected chi connectivity index (χ2v) is 7.71. The second kappa shape index (κ2) is 8.33. The Balaban J connectivity index is 1.58. The van der Waals surface area contributed by atoms with Crippen LogP contribution >= 0.6 is 0 Å². The van der Waals surface area contributed by atoms with Crippen molar-refractivity contribution in [2.45, 2.75) is 24.6 Å². The third-order valence-corrected chi connectivity index (χ3v) is 5.58. The van der Waals surface area contributed by atoms with Crippen LogP contribution < -0.4 is 5.32 Å². The van der Waals surface area contributed by atoms with Crippen LogP contribution in [-0.4, -0.2) is 49.9 Å². The number of hydrogen-bond donors (Lipinski definition) is 2. The van der Waals surface area contributed by atoms with Crippen molar-refractivity contribution in [3.63, 3.8) is 0 Å². The fraction of sp³-hybridized carbons (Fsp3) is 0.318. The molecule has 4 rings (SSSR count). The summed E-state index contributed by atoms with van der Waals surface area (Å²) in [7, 11) is 1.87. The summed E-state index contributed by atoms with van der Waals surface area (Å²) in [6, 6.07) is 10.6. The molecule has 1 saturated heterocycles. The number of carbonyl (C=O) groups excluding carboxylic acids is 1. The van der Waals surface area contributed by atoms with Gasteiger partial charge in [0.1, 0.15) is 5.82 Å². The molecule has 2 aromatic heterocycles. The smallest absolute Gasteiger partial charge is 0.253 e. The molecule has 1 aliphatic heterocycles. The average Bonchev–Trinajstić information content (AvgIpc) is 3.15. The SMILES string of the molecule is Cn1cc(CN2CC[C@@](NC(=O)c3cncc(F)c3)(c3ccccc3)[C@H](O)C2)cn1. The first-order valence-electron chi connectivity index (χ1n) is 9.83. The predicted octanol–water partition coefficient (Wildman–Crippen LogP) is 1.85. The van der Waals surface area contributed by atoms with Crippen LogP contribution in [0.15, 0.2) is 61.2 Å². The summed E-state index contributed by atoms with van der Waals surface area (Å²) in [5, 5.41) is 18.4. The van der Waals surface area contributed by atoms with E-state index < -0.39 is 23.4 Å². The molecule has 1 amide bonds. The van der Waals surface area contributed by atoms with Crippen LogP contribution in [0.2, 0.25) is 0 Å². The second-order valence-electron chi connectivity index (χ2n) is 7.71. The van der Waals surface area contributed by atoms with Crippen molar-refractivity contribution >= 4 is 5.91 Å². The van der Waals surface area contributed by atoms with E-state index in [2.05, 4.69) is 20.3 Å². The lowest BCUT2D eigenvalue weighted by molar-refractivity contribution is -0.0181. The van der Waals surface area contributed by atoms with E-state index in [-0.39, 0.29) is 5.56 Å². The Hall–Kier alpha value is -3.10. The van der Waals surface area contributed by atoms with Gasteiger partial charge in [-0.25, -0.2) is 4.39 Å². The molecule has 0 aliphatic carbocycles. The normalized spacial score (nSPS) is 22.0. The number of hydrogen-bond acceptors (Lipinski definition) is 5. The summed E-state index contributed by atoms with van der Waals surface area (Å²) in [5.41, 5.74) is 1.02. The molecule has 8 heteroatoms. The zero-order chi connectivity index (χ0) is 21.1. The highest BCUT2D eigenvalue weighted by Gasteiger charge is 2.45. The maximum absolute atomic E-state index is 13.6. The Kier molecular flexibility index (Phi) is 5.61. The molecule has 0 saturated carbocycles. The van der Waals surface area contributed by atoms with Crippen LogP contribution in [-0.2, 0) is 19.1 Å². The molecule has 0 unspecified atom stereocenters. The van der Waals surface area contributed by atoms with Gasteiger partial charge in [0.2, 0.25) is 0 Å². The molecular weight excluding hydrogens is 385 g/mol. The van der Waals surface area contributed by atoms with Gasteiger partial charge in [0.05, 0.1) is 29.6 Å². The number of rotatable bonds is 5. The summed E-state index contributed by atoms with van der Waals surface area (Å²) in [4.78, 5) is 18.8. The summed E-state index contributed by atoms with van der Waals surface area (Å²) in [5.74, 6) is -1.05. The van der Waals surface area contributed by atoms with Crippen molar-refractivity contribution in [1.29, 1.82) is 0 Å². The first-order chi connectivity index (χ1) is 14.5. The molecule has 0 bridgehead atoms. The Bertz CT molecular complexity index is 1030. The average molecular weight is 409 g/mol. The van der Waals surface area contributed by atoms with E-state index >= 15 is 0 Å². The summed E-state index contributed by atoms with van der Waals surface area (Å²) < 4.78 is 15.3. The van der Waals surface area contributed by atoms with E-state index in [0.29, 0.717) is 26.1 Å². The van der Waals surface area contributed by atoms with Crippen molar-refractivity contribution < 1.29 is 14.3 Å². The van der Waals surface area contributed by atoms with Crippen molar-refractivity contribution in [2.24, 2.45) is 7.05 Å². The lowest BCUT2D eigenvalue weighted by Gasteiger charge is -2.46. The van der Waals surface area contributed by atoms with Crippen LogP contribution in [0.4, 0.5) is 4.39 Å². The Morgan fingerprint density at radius 2 is 2.10 bits per heavy atom.